The van der Waals surface area contributed by atoms with Crippen molar-refractivity contribution in [3.8, 4) is 11.3 Å². The van der Waals surface area contributed by atoms with Crippen LogP contribution in [0.3, 0.4) is 0 Å². The Kier molecular flexibility index (Phi) is 4.62. The highest BCUT2D eigenvalue weighted by Crippen LogP contribution is 2.23. The lowest BCUT2D eigenvalue weighted by molar-refractivity contribution is 0.0691. The molecule has 0 radical (unpaired) electrons. The van der Waals surface area contributed by atoms with E-state index in [1.165, 1.54) is 0 Å². The molecule has 6 nitrogen and oxygen atoms in total. The number of benzene rings is 1. The lowest BCUT2D eigenvalue weighted by Gasteiger charge is -2.07. The van der Waals surface area contributed by atoms with Crippen molar-refractivity contribution in [2.45, 2.75) is 13.5 Å². The van der Waals surface area contributed by atoms with Crippen LogP contribution in [-0.2, 0) is 6.54 Å². The summed E-state index contributed by atoms with van der Waals surface area (Å²) in [5, 5.41) is 16.9. The molecule has 1 heterocycles. The maximum absolute atomic E-state index is 11.3. The third kappa shape index (κ3) is 3.11. The topological polar surface area (TPSA) is 94.0 Å². The predicted octanol–water partition coefficient (Wildman–Crippen LogP) is 1.98. The average molecular weight is 292 g/mol. The van der Waals surface area contributed by atoms with Crippen LogP contribution in [0.4, 0.5) is 5.69 Å². The van der Waals surface area contributed by atoms with Crippen LogP contribution >= 0.6 is 11.8 Å². The molecule has 3 N–H and O–H groups in total. The number of nitrogens with two attached hydrogens (primary N) is 1. The highest BCUT2D eigenvalue weighted by molar-refractivity contribution is 7.99. The van der Waals surface area contributed by atoms with E-state index in [4.69, 9.17) is 5.73 Å². The molecule has 0 fully saturated rings. The Labute approximate surface area is 121 Å². The van der Waals surface area contributed by atoms with E-state index in [0.29, 0.717) is 17.9 Å². The minimum Gasteiger partial charge on any atom is -0.476 e. The van der Waals surface area contributed by atoms with Gasteiger partial charge in [-0.05, 0) is 17.9 Å². The van der Waals surface area contributed by atoms with E-state index in [9.17, 15) is 9.90 Å². The van der Waals surface area contributed by atoms with Crippen LogP contribution in [-0.4, -0.2) is 37.6 Å². The van der Waals surface area contributed by atoms with Crippen LogP contribution in [0.25, 0.3) is 11.3 Å². The molecule has 2 rings (SSSR count). The summed E-state index contributed by atoms with van der Waals surface area (Å²) in [6.07, 6.45) is 0. The summed E-state index contributed by atoms with van der Waals surface area (Å²) in [4.78, 5) is 11.3. The van der Waals surface area contributed by atoms with Crippen LogP contribution in [0.1, 0.15) is 17.4 Å². The van der Waals surface area contributed by atoms with E-state index < -0.39 is 5.97 Å². The van der Waals surface area contributed by atoms with Gasteiger partial charge >= 0.3 is 5.97 Å². The van der Waals surface area contributed by atoms with E-state index in [2.05, 4.69) is 17.2 Å². The first-order chi connectivity index (χ1) is 9.63. The normalized spacial score (nSPS) is 10.7. The molecule has 1 aromatic heterocycles. The summed E-state index contributed by atoms with van der Waals surface area (Å²) in [6, 6.07) is 7.03. The molecule has 2 aromatic rings. The van der Waals surface area contributed by atoms with Crippen LogP contribution in [0, 0.1) is 0 Å². The molecule has 0 aliphatic carbocycles. The number of nitrogen functional groups attached to an aromatic ring is 1. The highest BCUT2D eigenvalue weighted by atomic mass is 32.2. The van der Waals surface area contributed by atoms with Crippen molar-refractivity contribution in [2.75, 3.05) is 17.2 Å². The number of anilines is 1. The number of carboxylic acid groups (broad SMARTS) is 1. The third-order valence-electron chi connectivity index (χ3n) is 2.77. The number of carboxylic acids is 1. The average Bonchev–Trinajstić information content (AvgIpc) is 2.84. The van der Waals surface area contributed by atoms with E-state index in [-0.39, 0.29) is 5.69 Å². The Morgan fingerprint density at radius 2 is 2.10 bits per heavy atom. The Balaban J connectivity index is 2.38. The fourth-order valence-electron chi connectivity index (χ4n) is 1.84. The van der Waals surface area contributed by atoms with Gasteiger partial charge in [-0.3, -0.25) is 0 Å². The number of thioether (sulfide) groups is 1. The number of rotatable bonds is 6. The molecule has 0 amide bonds. The summed E-state index contributed by atoms with van der Waals surface area (Å²) < 4.78 is 1.64. The van der Waals surface area contributed by atoms with E-state index >= 15 is 0 Å². The number of nitrogens with zero attached hydrogens (tertiary/aromatic N) is 3. The smallest absolute Gasteiger partial charge is 0.358 e. The van der Waals surface area contributed by atoms with Gasteiger partial charge in [0.05, 0.1) is 6.54 Å². The molecule has 0 saturated heterocycles. The van der Waals surface area contributed by atoms with Crippen LogP contribution < -0.4 is 5.73 Å². The minimum absolute atomic E-state index is 0.0312. The van der Waals surface area contributed by atoms with Crippen molar-refractivity contribution in [1.82, 2.24) is 15.0 Å². The number of carbonyl (C=O) groups is 1. The zero-order valence-electron chi connectivity index (χ0n) is 11.1. The zero-order chi connectivity index (χ0) is 14.5. The highest BCUT2D eigenvalue weighted by Gasteiger charge is 2.20. The van der Waals surface area contributed by atoms with Crippen LogP contribution in [0.15, 0.2) is 24.3 Å². The molecule has 7 heteroatoms. The van der Waals surface area contributed by atoms with Crippen LogP contribution in [0.2, 0.25) is 0 Å². The zero-order valence-corrected chi connectivity index (χ0v) is 11.9. The Morgan fingerprint density at radius 3 is 2.70 bits per heavy atom. The molecule has 0 saturated carbocycles. The fraction of sp³-hybridized carbons (Fsp3) is 0.308. The Hall–Kier alpha value is -2.02. The van der Waals surface area contributed by atoms with Crippen molar-refractivity contribution in [3.05, 3.63) is 30.0 Å². The molecule has 0 unspecified atom stereocenters. The predicted molar refractivity (Wildman–Crippen MR) is 79.8 cm³/mol. The molecule has 0 atom stereocenters. The largest absolute Gasteiger partial charge is 0.476 e. The van der Waals surface area contributed by atoms with Crippen molar-refractivity contribution < 1.29 is 9.90 Å². The van der Waals surface area contributed by atoms with E-state index in [1.54, 1.807) is 40.7 Å². The van der Waals surface area contributed by atoms with Crippen molar-refractivity contribution >= 4 is 23.4 Å². The first kappa shape index (κ1) is 14.4. The van der Waals surface area contributed by atoms with Gasteiger partial charge in [-0.1, -0.05) is 24.3 Å². The summed E-state index contributed by atoms with van der Waals surface area (Å²) in [5.74, 6) is 0.796. The number of hydrogen-bond donors (Lipinski definition) is 2. The van der Waals surface area contributed by atoms with Gasteiger partial charge in [0, 0.05) is 17.0 Å². The lowest BCUT2D eigenvalue weighted by atomic mass is 10.1. The molecular formula is C13H16N4O2S. The van der Waals surface area contributed by atoms with Gasteiger partial charge in [0.1, 0.15) is 5.69 Å². The number of aromatic carboxylic acids is 1. The van der Waals surface area contributed by atoms with Gasteiger partial charge in [-0.25, -0.2) is 9.48 Å². The summed E-state index contributed by atoms with van der Waals surface area (Å²) in [5.41, 5.74) is 7.53. The van der Waals surface area contributed by atoms with E-state index in [0.717, 1.165) is 17.1 Å². The SMILES string of the molecule is CCSCCn1nnc(C(=O)O)c1-c1ccc(N)cc1. The number of hydrogen-bond acceptors (Lipinski definition) is 5. The first-order valence-electron chi connectivity index (χ1n) is 6.24. The molecule has 0 bridgehead atoms. The second-order valence-corrected chi connectivity index (χ2v) is 5.53. The fourth-order valence-corrected chi connectivity index (χ4v) is 2.43. The van der Waals surface area contributed by atoms with Gasteiger partial charge < -0.3 is 10.8 Å². The molecular weight excluding hydrogens is 276 g/mol. The molecule has 0 aliphatic heterocycles. The van der Waals surface area contributed by atoms with Crippen molar-refractivity contribution in [3.63, 3.8) is 0 Å². The maximum atomic E-state index is 11.3. The quantitative estimate of drug-likeness (QED) is 0.624. The lowest BCUT2D eigenvalue weighted by Crippen LogP contribution is -2.07. The van der Waals surface area contributed by atoms with Gasteiger partial charge in [0.25, 0.3) is 0 Å². The molecule has 106 valence electrons. The van der Waals surface area contributed by atoms with Gasteiger partial charge in [0.15, 0.2) is 5.69 Å². The second kappa shape index (κ2) is 6.42. The van der Waals surface area contributed by atoms with E-state index in [1.807, 2.05) is 0 Å². The van der Waals surface area contributed by atoms with Gasteiger partial charge in [-0.2, -0.15) is 11.8 Å². The van der Waals surface area contributed by atoms with Crippen molar-refractivity contribution in [1.29, 1.82) is 0 Å². The van der Waals surface area contributed by atoms with Crippen molar-refractivity contribution in [2.24, 2.45) is 0 Å². The number of aryl methyl sites for hydroxylation is 1. The summed E-state index contributed by atoms with van der Waals surface area (Å²) in [6.45, 7) is 2.70. The Bertz CT molecular complexity index is 595. The van der Waals surface area contributed by atoms with Crippen LogP contribution in [0.5, 0.6) is 0 Å². The standard InChI is InChI=1S/C13H16N4O2S/c1-2-20-8-7-17-12(11(13(18)19)15-16-17)9-3-5-10(14)6-4-9/h3-6H,2,7-8,14H2,1H3,(H,18,19). The third-order valence-corrected chi connectivity index (χ3v) is 3.65. The molecule has 1 aromatic carbocycles. The summed E-state index contributed by atoms with van der Waals surface area (Å²) >= 11 is 1.77. The van der Waals surface area contributed by atoms with Gasteiger partial charge in [0.2, 0.25) is 0 Å². The maximum Gasteiger partial charge on any atom is 0.358 e. The van der Waals surface area contributed by atoms with Gasteiger partial charge in [-0.15, -0.1) is 5.10 Å². The monoisotopic (exact) mass is 292 g/mol. The minimum atomic E-state index is -1.08. The number of aromatic nitrogens is 3. The molecule has 0 spiro atoms. The first-order valence-corrected chi connectivity index (χ1v) is 7.39. The molecule has 20 heavy (non-hydrogen) atoms. The molecule has 0 aliphatic rings. The Morgan fingerprint density at radius 1 is 1.40 bits per heavy atom. The summed E-state index contributed by atoms with van der Waals surface area (Å²) in [7, 11) is 0. The second-order valence-electron chi connectivity index (χ2n) is 4.13.